The Balaban J connectivity index is 1.81. The molecule has 1 aliphatic heterocycles. The molecule has 0 saturated carbocycles. The number of piperazine rings is 1. The zero-order valence-corrected chi connectivity index (χ0v) is 14.8. The van der Waals surface area contributed by atoms with E-state index in [1.807, 2.05) is 11.0 Å². The molecule has 1 fully saturated rings. The third-order valence-corrected chi connectivity index (χ3v) is 5.05. The molecule has 2 heterocycles. The highest BCUT2D eigenvalue weighted by Crippen LogP contribution is 2.27. The molecule has 0 unspecified atom stereocenters. The molecule has 1 aromatic heterocycles. The second-order valence-electron chi connectivity index (χ2n) is 6.50. The summed E-state index contributed by atoms with van der Waals surface area (Å²) in [6.45, 7) is 8.59. The van der Waals surface area contributed by atoms with Crippen LogP contribution in [0.15, 0.2) is 24.3 Å². The van der Waals surface area contributed by atoms with E-state index in [1.165, 1.54) is 0 Å². The number of carbonyl (C=O) groups is 1. The number of nitrogens with zero attached hydrogens (tertiary/aromatic N) is 3. The van der Waals surface area contributed by atoms with E-state index >= 15 is 0 Å². The first kappa shape index (κ1) is 17.0. The maximum Gasteiger partial charge on any atom is 0.224 e. The number of amides is 1. The highest BCUT2D eigenvalue weighted by molar-refractivity contribution is 5.78. The van der Waals surface area contributed by atoms with Gasteiger partial charge in [0.1, 0.15) is 5.82 Å². The average Bonchev–Trinajstić information content (AvgIpc) is 3.00. The number of benzene rings is 1. The number of rotatable bonds is 6. The van der Waals surface area contributed by atoms with E-state index in [9.17, 15) is 4.79 Å². The van der Waals surface area contributed by atoms with Crippen LogP contribution in [0.5, 0.6) is 0 Å². The molecule has 5 heteroatoms. The number of aromatic nitrogens is 2. The summed E-state index contributed by atoms with van der Waals surface area (Å²) in [6, 6.07) is 8.26. The van der Waals surface area contributed by atoms with E-state index in [2.05, 4.69) is 41.9 Å². The molecule has 1 aromatic carbocycles. The SMILES string of the molecule is CCC(CC)c1nc2ccccc2n1CCC(=O)N1CCNCC1. The Morgan fingerprint density at radius 2 is 1.92 bits per heavy atom. The molecule has 0 bridgehead atoms. The number of aryl methyl sites for hydroxylation is 1. The standard InChI is InChI=1S/C19H28N4O/c1-3-15(4-2)19-21-16-7-5-6-8-17(16)23(19)12-9-18(24)22-13-10-20-11-14-22/h5-8,15,20H,3-4,9-14H2,1-2H3. The van der Waals surface area contributed by atoms with Crippen molar-refractivity contribution in [3.05, 3.63) is 30.1 Å². The van der Waals surface area contributed by atoms with Gasteiger partial charge < -0.3 is 14.8 Å². The molecular weight excluding hydrogens is 300 g/mol. The van der Waals surface area contributed by atoms with Crippen molar-refractivity contribution in [1.29, 1.82) is 0 Å². The number of carbonyl (C=O) groups excluding carboxylic acids is 1. The number of nitrogens with one attached hydrogen (secondary N) is 1. The zero-order chi connectivity index (χ0) is 16.9. The fourth-order valence-corrected chi connectivity index (χ4v) is 3.57. The predicted octanol–water partition coefficient (Wildman–Crippen LogP) is 2.76. The number of hydrogen-bond donors (Lipinski definition) is 1. The first-order valence-electron chi connectivity index (χ1n) is 9.18. The van der Waals surface area contributed by atoms with E-state index in [-0.39, 0.29) is 5.91 Å². The van der Waals surface area contributed by atoms with Gasteiger partial charge in [0.05, 0.1) is 11.0 Å². The quantitative estimate of drug-likeness (QED) is 0.887. The summed E-state index contributed by atoms with van der Waals surface area (Å²) in [4.78, 5) is 19.4. The van der Waals surface area contributed by atoms with Gasteiger partial charge in [0.15, 0.2) is 0 Å². The molecule has 2 aromatic rings. The zero-order valence-electron chi connectivity index (χ0n) is 14.8. The largest absolute Gasteiger partial charge is 0.340 e. The van der Waals surface area contributed by atoms with E-state index in [0.717, 1.165) is 62.4 Å². The van der Waals surface area contributed by atoms with Crippen molar-refractivity contribution in [2.75, 3.05) is 26.2 Å². The van der Waals surface area contributed by atoms with Crippen molar-refractivity contribution < 1.29 is 4.79 Å². The number of para-hydroxylation sites is 2. The van der Waals surface area contributed by atoms with Crippen LogP contribution in [0.4, 0.5) is 0 Å². The molecule has 0 aliphatic carbocycles. The van der Waals surface area contributed by atoms with Crippen molar-refractivity contribution in [3.8, 4) is 0 Å². The Hall–Kier alpha value is -1.88. The van der Waals surface area contributed by atoms with Gasteiger partial charge >= 0.3 is 0 Å². The van der Waals surface area contributed by atoms with Gasteiger partial charge in [-0.25, -0.2) is 4.98 Å². The predicted molar refractivity (Wildman–Crippen MR) is 97.1 cm³/mol. The van der Waals surface area contributed by atoms with Gasteiger partial charge in [-0.05, 0) is 25.0 Å². The topological polar surface area (TPSA) is 50.2 Å². The van der Waals surface area contributed by atoms with E-state index < -0.39 is 0 Å². The third-order valence-electron chi connectivity index (χ3n) is 5.05. The number of imidazole rings is 1. The lowest BCUT2D eigenvalue weighted by Gasteiger charge is -2.27. The molecule has 3 rings (SSSR count). The van der Waals surface area contributed by atoms with Crippen LogP contribution in [-0.4, -0.2) is 46.5 Å². The van der Waals surface area contributed by atoms with Crippen LogP contribution < -0.4 is 5.32 Å². The summed E-state index contributed by atoms with van der Waals surface area (Å²) < 4.78 is 2.27. The van der Waals surface area contributed by atoms with E-state index in [1.54, 1.807) is 0 Å². The Kier molecular flexibility index (Phi) is 5.51. The minimum atomic E-state index is 0.254. The Bertz CT molecular complexity index is 684. The van der Waals surface area contributed by atoms with E-state index in [0.29, 0.717) is 12.3 Å². The first-order chi connectivity index (χ1) is 11.7. The summed E-state index contributed by atoms with van der Waals surface area (Å²) >= 11 is 0. The smallest absolute Gasteiger partial charge is 0.224 e. The molecule has 1 amide bonds. The fraction of sp³-hybridized carbons (Fsp3) is 0.579. The Morgan fingerprint density at radius 1 is 1.21 bits per heavy atom. The number of fused-ring (bicyclic) bond motifs is 1. The highest BCUT2D eigenvalue weighted by atomic mass is 16.2. The second kappa shape index (κ2) is 7.79. The van der Waals surface area contributed by atoms with Crippen LogP contribution in [0, 0.1) is 0 Å². The summed E-state index contributed by atoms with van der Waals surface area (Å²) in [5.41, 5.74) is 2.18. The molecule has 0 spiro atoms. The molecular formula is C19H28N4O. The third kappa shape index (κ3) is 3.46. The minimum Gasteiger partial charge on any atom is -0.340 e. The van der Waals surface area contributed by atoms with Crippen LogP contribution in [0.25, 0.3) is 11.0 Å². The van der Waals surface area contributed by atoms with Gasteiger partial charge in [-0.2, -0.15) is 0 Å². The highest BCUT2D eigenvalue weighted by Gasteiger charge is 2.20. The molecule has 24 heavy (non-hydrogen) atoms. The number of hydrogen-bond acceptors (Lipinski definition) is 3. The van der Waals surface area contributed by atoms with Crippen molar-refractivity contribution >= 4 is 16.9 Å². The Labute approximate surface area is 144 Å². The van der Waals surface area contributed by atoms with Gasteiger partial charge in [0.2, 0.25) is 5.91 Å². The molecule has 0 radical (unpaired) electrons. The van der Waals surface area contributed by atoms with E-state index in [4.69, 9.17) is 4.98 Å². The molecule has 5 nitrogen and oxygen atoms in total. The van der Waals surface area contributed by atoms with Crippen LogP contribution in [0.1, 0.15) is 44.9 Å². The summed E-state index contributed by atoms with van der Waals surface area (Å²) in [7, 11) is 0. The van der Waals surface area contributed by atoms with Crippen molar-refractivity contribution in [2.45, 2.75) is 45.6 Å². The van der Waals surface area contributed by atoms with Crippen LogP contribution in [0.2, 0.25) is 0 Å². The van der Waals surface area contributed by atoms with Gasteiger partial charge in [-0.1, -0.05) is 26.0 Å². The maximum atomic E-state index is 12.5. The average molecular weight is 328 g/mol. The maximum absolute atomic E-state index is 12.5. The lowest BCUT2D eigenvalue weighted by atomic mass is 10.0. The Morgan fingerprint density at radius 3 is 2.62 bits per heavy atom. The minimum absolute atomic E-state index is 0.254. The van der Waals surface area contributed by atoms with Crippen LogP contribution >= 0.6 is 0 Å². The fourth-order valence-electron chi connectivity index (χ4n) is 3.57. The van der Waals surface area contributed by atoms with Crippen molar-refractivity contribution in [2.24, 2.45) is 0 Å². The van der Waals surface area contributed by atoms with Gasteiger partial charge in [0, 0.05) is 45.1 Å². The monoisotopic (exact) mass is 328 g/mol. The first-order valence-corrected chi connectivity index (χ1v) is 9.18. The van der Waals surface area contributed by atoms with Crippen molar-refractivity contribution in [1.82, 2.24) is 19.8 Å². The van der Waals surface area contributed by atoms with Gasteiger partial charge in [-0.3, -0.25) is 4.79 Å². The molecule has 1 aliphatic rings. The van der Waals surface area contributed by atoms with Crippen LogP contribution in [0.3, 0.4) is 0 Å². The summed E-state index contributed by atoms with van der Waals surface area (Å²) in [5, 5.41) is 3.29. The summed E-state index contributed by atoms with van der Waals surface area (Å²) in [5.74, 6) is 1.84. The molecule has 1 N–H and O–H groups in total. The molecule has 1 saturated heterocycles. The lowest BCUT2D eigenvalue weighted by Crippen LogP contribution is -2.46. The normalized spacial score (nSPS) is 15.4. The summed E-state index contributed by atoms with van der Waals surface area (Å²) in [6.07, 6.45) is 2.70. The second-order valence-corrected chi connectivity index (χ2v) is 6.50. The van der Waals surface area contributed by atoms with Crippen LogP contribution in [-0.2, 0) is 11.3 Å². The lowest BCUT2D eigenvalue weighted by molar-refractivity contribution is -0.131. The molecule has 0 atom stereocenters. The van der Waals surface area contributed by atoms with Crippen molar-refractivity contribution in [3.63, 3.8) is 0 Å². The molecule has 130 valence electrons. The van der Waals surface area contributed by atoms with Gasteiger partial charge in [-0.15, -0.1) is 0 Å². The van der Waals surface area contributed by atoms with Gasteiger partial charge in [0.25, 0.3) is 0 Å².